The van der Waals surface area contributed by atoms with Crippen LogP contribution in [0.4, 0.5) is 5.69 Å². The fourth-order valence-corrected chi connectivity index (χ4v) is 2.77. The van der Waals surface area contributed by atoms with Crippen LogP contribution in [0.3, 0.4) is 0 Å². The van der Waals surface area contributed by atoms with E-state index in [0.717, 1.165) is 24.9 Å². The molecule has 0 bridgehead atoms. The van der Waals surface area contributed by atoms with Crippen LogP contribution in [0.25, 0.3) is 0 Å². The van der Waals surface area contributed by atoms with Gasteiger partial charge in [-0.1, -0.05) is 54.8 Å². The SMILES string of the molecule is CCCCc1ccc(NC(=O)CCNC(=O)[C@@H](Br)CCC)cc1. The summed E-state index contributed by atoms with van der Waals surface area (Å²) in [5.74, 6) is -0.145. The second kappa shape index (κ2) is 11.2. The van der Waals surface area contributed by atoms with Gasteiger partial charge in [-0.25, -0.2) is 0 Å². The third-order valence-electron chi connectivity index (χ3n) is 3.53. The lowest BCUT2D eigenvalue weighted by atomic mass is 10.1. The molecular weight excluding hydrogens is 356 g/mol. The molecule has 0 aliphatic rings. The summed E-state index contributed by atoms with van der Waals surface area (Å²) in [6.45, 7) is 4.56. The summed E-state index contributed by atoms with van der Waals surface area (Å²) in [6.07, 6.45) is 5.44. The van der Waals surface area contributed by atoms with Crippen LogP contribution in [0, 0.1) is 0 Å². The Morgan fingerprint density at radius 2 is 1.83 bits per heavy atom. The van der Waals surface area contributed by atoms with Crippen LogP contribution in [0.2, 0.25) is 0 Å². The van der Waals surface area contributed by atoms with E-state index in [4.69, 9.17) is 0 Å². The van der Waals surface area contributed by atoms with E-state index < -0.39 is 0 Å². The monoisotopic (exact) mass is 382 g/mol. The van der Waals surface area contributed by atoms with Crippen LogP contribution in [0.15, 0.2) is 24.3 Å². The number of hydrogen-bond acceptors (Lipinski definition) is 2. The molecule has 23 heavy (non-hydrogen) atoms. The fraction of sp³-hybridized carbons (Fsp3) is 0.556. The van der Waals surface area contributed by atoms with E-state index >= 15 is 0 Å². The maximum atomic E-state index is 11.9. The van der Waals surface area contributed by atoms with Gasteiger partial charge >= 0.3 is 0 Å². The number of alkyl halides is 1. The average molecular weight is 383 g/mol. The minimum Gasteiger partial charge on any atom is -0.355 e. The topological polar surface area (TPSA) is 58.2 Å². The van der Waals surface area contributed by atoms with Crippen molar-refractivity contribution in [1.82, 2.24) is 5.32 Å². The highest BCUT2D eigenvalue weighted by Crippen LogP contribution is 2.12. The van der Waals surface area contributed by atoms with Crippen molar-refractivity contribution in [3.8, 4) is 0 Å². The minimum atomic E-state index is -0.175. The Hall–Kier alpha value is -1.36. The number of aryl methyl sites for hydroxylation is 1. The van der Waals surface area contributed by atoms with Crippen LogP contribution in [0.5, 0.6) is 0 Å². The molecule has 1 rings (SSSR count). The molecule has 0 aliphatic heterocycles. The molecule has 2 N–H and O–H groups in total. The van der Waals surface area contributed by atoms with Crippen molar-refractivity contribution in [2.45, 2.75) is 57.2 Å². The molecule has 128 valence electrons. The highest BCUT2D eigenvalue weighted by molar-refractivity contribution is 9.10. The van der Waals surface area contributed by atoms with Gasteiger partial charge in [0, 0.05) is 18.7 Å². The second-order valence-electron chi connectivity index (χ2n) is 5.65. The Labute approximate surface area is 147 Å². The Kier molecular flexibility index (Phi) is 9.60. The van der Waals surface area contributed by atoms with E-state index in [1.165, 1.54) is 18.4 Å². The summed E-state index contributed by atoms with van der Waals surface area (Å²) < 4.78 is 0. The Balaban J connectivity index is 2.29. The third kappa shape index (κ3) is 8.16. The highest BCUT2D eigenvalue weighted by atomic mass is 79.9. The zero-order valence-corrected chi connectivity index (χ0v) is 15.6. The molecular formula is C18H27BrN2O2. The van der Waals surface area contributed by atoms with Crippen LogP contribution in [-0.4, -0.2) is 23.2 Å². The number of nitrogens with one attached hydrogen (secondary N) is 2. The van der Waals surface area contributed by atoms with Gasteiger partial charge < -0.3 is 10.6 Å². The van der Waals surface area contributed by atoms with Crippen LogP contribution < -0.4 is 10.6 Å². The summed E-state index contributed by atoms with van der Waals surface area (Å²) in [7, 11) is 0. The van der Waals surface area contributed by atoms with Crippen molar-refractivity contribution in [1.29, 1.82) is 0 Å². The Morgan fingerprint density at radius 1 is 1.13 bits per heavy atom. The van der Waals surface area contributed by atoms with E-state index in [1.54, 1.807) is 0 Å². The van der Waals surface area contributed by atoms with Gasteiger partial charge in [0.25, 0.3) is 0 Å². The van der Waals surface area contributed by atoms with E-state index in [0.29, 0.717) is 6.54 Å². The molecule has 0 heterocycles. The zero-order valence-electron chi connectivity index (χ0n) is 14.0. The van der Waals surface area contributed by atoms with Gasteiger partial charge in [-0.05, 0) is 37.0 Å². The Morgan fingerprint density at radius 3 is 2.43 bits per heavy atom. The van der Waals surface area contributed by atoms with Crippen molar-refractivity contribution < 1.29 is 9.59 Å². The van der Waals surface area contributed by atoms with Gasteiger partial charge in [-0.2, -0.15) is 0 Å². The molecule has 5 heteroatoms. The number of carbonyl (C=O) groups excluding carboxylic acids is 2. The van der Waals surface area contributed by atoms with Gasteiger partial charge in [-0.15, -0.1) is 0 Å². The number of rotatable bonds is 10. The van der Waals surface area contributed by atoms with Gasteiger partial charge in [0.2, 0.25) is 11.8 Å². The van der Waals surface area contributed by atoms with Gasteiger partial charge in [0.1, 0.15) is 0 Å². The summed E-state index contributed by atoms with van der Waals surface area (Å²) >= 11 is 3.34. The molecule has 4 nitrogen and oxygen atoms in total. The number of benzene rings is 1. The maximum Gasteiger partial charge on any atom is 0.233 e. The largest absolute Gasteiger partial charge is 0.355 e. The average Bonchev–Trinajstić information content (AvgIpc) is 2.54. The van der Waals surface area contributed by atoms with E-state index in [9.17, 15) is 9.59 Å². The van der Waals surface area contributed by atoms with E-state index in [-0.39, 0.29) is 23.1 Å². The number of carbonyl (C=O) groups is 2. The number of anilines is 1. The highest BCUT2D eigenvalue weighted by Gasteiger charge is 2.13. The molecule has 0 radical (unpaired) electrons. The Bertz CT molecular complexity index is 488. The number of amides is 2. The molecule has 1 aromatic rings. The van der Waals surface area contributed by atoms with Crippen LogP contribution in [-0.2, 0) is 16.0 Å². The second-order valence-corrected chi connectivity index (χ2v) is 6.75. The number of unbranched alkanes of at least 4 members (excludes halogenated alkanes) is 1. The summed E-state index contributed by atoms with van der Waals surface area (Å²) in [5, 5.41) is 5.62. The van der Waals surface area contributed by atoms with Crippen molar-refractivity contribution in [2.24, 2.45) is 0 Å². The summed E-state index contributed by atoms with van der Waals surface area (Å²) in [4.78, 5) is 23.4. The first-order valence-corrected chi connectivity index (χ1v) is 9.29. The molecule has 0 saturated carbocycles. The fourth-order valence-electron chi connectivity index (χ4n) is 2.15. The predicted molar refractivity (Wildman–Crippen MR) is 98.9 cm³/mol. The predicted octanol–water partition coefficient (Wildman–Crippen LogP) is 4.04. The first kappa shape index (κ1) is 19.7. The molecule has 1 atom stereocenters. The van der Waals surface area contributed by atoms with Crippen LogP contribution >= 0.6 is 15.9 Å². The molecule has 2 amide bonds. The van der Waals surface area contributed by atoms with E-state index in [2.05, 4.69) is 33.5 Å². The molecule has 1 aromatic carbocycles. The van der Waals surface area contributed by atoms with Crippen LogP contribution in [0.1, 0.15) is 51.5 Å². The number of halogens is 1. The third-order valence-corrected chi connectivity index (χ3v) is 4.41. The van der Waals surface area contributed by atoms with Crippen molar-refractivity contribution in [3.05, 3.63) is 29.8 Å². The molecule has 0 saturated heterocycles. The van der Waals surface area contributed by atoms with E-state index in [1.807, 2.05) is 31.2 Å². The number of hydrogen-bond donors (Lipinski definition) is 2. The van der Waals surface area contributed by atoms with Gasteiger partial charge in [0.15, 0.2) is 0 Å². The summed E-state index contributed by atoms with van der Waals surface area (Å²) in [6, 6.07) is 7.95. The minimum absolute atomic E-state index is 0.0556. The quantitative estimate of drug-likeness (QED) is 0.599. The lowest BCUT2D eigenvalue weighted by Crippen LogP contribution is -2.33. The molecule has 0 fully saturated rings. The molecule has 0 unspecified atom stereocenters. The summed E-state index contributed by atoms with van der Waals surface area (Å²) in [5.41, 5.74) is 2.09. The van der Waals surface area contributed by atoms with Crippen molar-refractivity contribution in [3.63, 3.8) is 0 Å². The first-order chi connectivity index (χ1) is 11.1. The smallest absolute Gasteiger partial charge is 0.233 e. The molecule has 0 aliphatic carbocycles. The molecule has 0 aromatic heterocycles. The van der Waals surface area contributed by atoms with Crippen molar-refractivity contribution in [2.75, 3.05) is 11.9 Å². The standard InChI is InChI=1S/C18H27BrN2O2/c1-3-5-7-14-8-10-15(11-9-14)21-17(22)12-13-20-18(23)16(19)6-4-2/h8-11,16H,3-7,12-13H2,1-2H3,(H,20,23)(H,21,22)/t16-/m0/s1. The first-order valence-electron chi connectivity index (χ1n) is 8.37. The lowest BCUT2D eigenvalue weighted by molar-refractivity contribution is -0.120. The molecule has 0 spiro atoms. The van der Waals surface area contributed by atoms with Gasteiger partial charge in [0.05, 0.1) is 4.83 Å². The van der Waals surface area contributed by atoms with Gasteiger partial charge in [-0.3, -0.25) is 9.59 Å². The lowest BCUT2D eigenvalue weighted by Gasteiger charge is -2.10. The normalized spacial score (nSPS) is 11.8. The maximum absolute atomic E-state index is 11.9. The van der Waals surface area contributed by atoms with Crippen molar-refractivity contribution >= 4 is 33.4 Å². The zero-order chi connectivity index (χ0) is 17.1.